The Hall–Kier alpha value is -1.50. The van der Waals surface area contributed by atoms with Gasteiger partial charge in [0.05, 0.1) is 21.3 Å². The van der Waals surface area contributed by atoms with Crippen LogP contribution in [-0.4, -0.2) is 74.6 Å². The van der Waals surface area contributed by atoms with Gasteiger partial charge in [0.15, 0.2) is 11.5 Å². The first kappa shape index (κ1) is 21.2. The minimum atomic E-state index is 0.251. The Balaban J connectivity index is 1.71. The maximum absolute atomic E-state index is 9.62. The van der Waals surface area contributed by atoms with Gasteiger partial charge in [-0.15, -0.1) is 0 Å². The van der Waals surface area contributed by atoms with Crippen LogP contribution in [0.1, 0.15) is 44.1 Å². The van der Waals surface area contributed by atoms with Gasteiger partial charge in [-0.25, -0.2) is 0 Å². The van der Waals surface area contributed by atoms with E-state index in [0.717, 1.165) is 43.9 Å². The van der Waals surface area contributed by atoms with E-state index in [1.165, 1.54) is 32.1 Å². The predicted molar refractivity (Wildman–Crippen MR) is 110 cm³/mol. The molecule has 2 fully saturated rings. The molecule has 0 spiro atoms. The van der Waals surface area contributed by atoms with Gasteiger partial charge in [-0.2, -0.15) is 0 Å². The van der Waals surface area contributed by atoms with Gasteiger partial charge >= 0.3 is 0 Å². The lowest BCUT2D eigenvalue weighted by atomic mass is 9.91. The van der Waals surface area contributed by atoms with E-state index < -0.39 is 0 Å². The second-order valence-electron chi connectivity index (χ2n) is 7.92. The number of piperazine rings is 1. The van der Waals surface area contributed by atoms with Crippen LogP contribution in [-0.2, 0) is 6.54 Å². The molecule has 1 aromatic rings. The Morgan fingerprint density at radius 2 is 1.71 bits per heavy atom. The quantitative estimate of drug-likeness (QED) is 0.734. The van der Waals surface area contributed by atoms with Crippen LogP contribution in [0.4, 0.5) is 0 Å². The van der Waals surface area contributed by atoms with Gasteiger partial charge in [-0.1, -0.05) is 25.3 Å². The molecule has 1 aromatic carbocycles. The van der Waals surface area contributed by atoms with Crippen molar-refractivity contribution in [2.45, 2.75) is 57.2 Å². The molecule has 2 aliphatic rings. The fraction of sp³-hybridized carbons (Fsp3) is 0.727. The summed E-state index contributed by atoms with van der Waals surface area (Å²) in [4.78, 5) is 5.15. The molecule has 1 saturated heterocycles. The summed E-state index contributed by atoms with van der Waals surface area (Å²) in [5.74, 6) is 2.08. The number of hydrogen-bond acceptors (Lipinski definition) is 6. The summed E-state index contributed by atoms with van der Waals surface area (Å²) >= 11 is 0. The van der Waals surface area contributed by atoms with E-state index in [-0.39, 0.29) is 6.61 Å². The Morgan fingerprint density at radius 3 is 2.36 bits per heavy atom. The first-order valence-electron chi connectivity index (χ1n) is 10.6. The maximum Gasteiger partial charge on any atom is 0.203 e. The van der Waals surface area contributed by atoms with Gasteiger partial charge in [0.2, 0.25) is 5.75 Å². The third-order valence-corrected chi connectivity index (χ3v) is 6.30. The lowest BCUT2D eigenvalue weighted by Gasteiger charge is -2.46. The van der Waals surface area contributed by atoms with Crippen molar-refractivity contribution in [3.8, 4) is 17.2 Å². The van der Waals surface area contributed by atoms with Crippen molar-refractivity contribution in [3.05, 3.63) is 17.7 Å². The van der Waals surface area contributed by atoms with Gasteiger partial charge in [0, 0.05) is 50.4 Å². The van der Waals surface area contributed by atoms with E-state index in [9.17, 15) is 5.11 Å². The molecule has 158 valence electrons. The second-order valence-corrected chi connectivity index (χ2v) is 7.92. The minimum Gasteiger partial charge on any atom is -0.493 e. The monoisotopic (exact) mass is 392 g/mol. The van der Waals surface area contributed by atoms with Crippen molar-refractivity contribution in [3.63, 3.8) is 0 Å². The molecular formula is C22H36N2O4. The highest BCUT2D eigenvalue weighted by molar-refractivity contribution is 5.55. The fourth-order valence-corrected chi connectivity index (χ4v) is 4.91. The molecule has 1 atom stereocenters. The third kappa shape index (κ3) is 4.73. The molecule has 28 heavy (non-hydrogen) atoms. The number of aliphatic hydroxyl groups excluding tert-OH is 1. The molecule has 1 heterocycles. The van der Waals surface area contributed by atoms with E-state index in [1.54, 1.807) is 21.3 Å². The SMILES string of the molecule is COc1ccc(CN2CCN(C3CCCCC3)[C@H](CCO)C2)c(OC)c1OC. The van der Waals surface area contributed by atoms with E-state index in [4.69, 9.17) is 14.2 Å². The average Bonchev–Trinajstić information content (AvgIpc) is 2.74. The number of methoxy groups -OCH3 is 3. The summed E-state index contributed by atoms with van der Waals surface area (Å²) in [6.07, 6.45) is 7.53. The van der Waals surface area contributed by atoms with Crippen molar-refractivity contribution < 1.29 is 19.3 Å². The molecule has 0 bridgehead atoms. The molecule has 6 heteroatoms. The van der Waals surface area contributed by atoms with Crippen molar-refractivity contribution >= 4 is 0 Å². The highest BCUT2D eigenvalue weighted by Gasteiger charge is 2.32. The van der Waals surface area contributed by atoms with E-state index in [0.29, 0.717) is 23.6 Å². The van der Waals surface area contributed by atoms with Crippen molar-refractivity contribution in [1.82, 2.24) is 9.80 Å². The Kier molecular flexibility index (Phi) is 7.82. The summed E-state index contributed by atoms with van der Waals surface area (Å²) in [6, 6.07) is 5.13. The number of nitrogens with zero attached hydrogens (tertiary/aromatic N) is 2. The summed E-state index contributed by atoms with van der Waals surface area (Å²) < 4.78 is 16.6. The van der Waals surface area contributed by atoms with E-state index in [1.807, 2.05) is 6.07 Å². The maximum atomic E-state index is 9.62. The van der Waals surface area contributed by atoms with Crippen LogP contribution >= 0.6 is 0 Å². The Labute approximate surface area is 169 Å². The zero-order valence-corrected chi connectivity index (χ0v) is 17.7. The smallest absolute Gasteiger partial charge is 0.203 e. The lowest BCUT2D eigenvalue weighted by molar-refractivity contribution is 0.0134. The van der Waals surface area contributed by atoms with Gasteiger partial charge in [0.1, 0.15) is 0 Å². The molecule has 0 amide bonds. The molecule has 0 aromatic heterocycles. The van der Waals surface area contributed by atoms with Crippen LogP contribution in [0.5, 0.6) is 17.2 Å². The van der Waals surface area contributed by atoms with Gasteiger partial charge in [0.25, 0.3) is 0 Å². The summed E-state index contributed by atoms with van der Waals surface area (Å²) in [6.45, 7) is 4.15. The molecule has 1 aliphatic carbocycles. The molecule has 1 N–H and O–H groups in total. The number of ether oxygens (including phenoxy) is 3. The van der Waals surface area contributed by atoms with Crippen LogP contribution in [0, 0.1) is 0 Å². The van der Waals surface area contributed by atoms with E-state index in [2.05, 4.69) is 15.9 Å². The van der Waals surface area contributed by atoms with Gasteiger partial charge in [-0.3, -0.25) is 9.80 Å². The number of hydrogen-bond donors (Lipinski definition) is 1. The topological polar surface area (TPSA) is 54.4 Å². The van der Waals surface area contributed by atoms with Crippen molar-refractivity contribution in [1.29, 1.82) is 0 Å². The highest BCUT2D eigenvalue weighted by atomic mass is 16.5. The number of benzene rings is 1. The molecule has 1 saturated carbocycles. The lowest BCUT2D eigenvalue weighted by Crippen LogP contribution is -2.56. The molecule has 3 rings (SSSR count). The minimum absolute atomic E-state index is 0.251. The normalized spacial score (nSPS) is 22.2. The standard InChI is InChI=1S/C22H36N2O4/c1-26-20-10-9-17(21(27-2)22(20)28-3)15-23-12-13-24(19(16-23)11-14-25)18-7-5-4-6-8-18/h9-10,18-19,25H,4-8,11-16H2,1-3H3/t19-/m1/s1. The van der Waals surface area contributed by atoms with Crippen LogP contribution in [0.15, 0.2) is 12.1 Å². The third-order valence-electron chi connectivity index (χ3n) is 6.30. The Morgan fingerprint density at radius 1 is 0.964 bits per heavy atom. The van der Waals surface area contributed by atoms with Crippen molar-refractivity contribution in [2.24, 2.45) is 0 Å². The predicted octanol–water partition coefficient (Wildman–Crippen LogP) is 2.91. The van der Waals surface area contributed by atoms with Crippen LogP contribution in [0.2, 0.25) is 0 Å². The zero-order valence-electron chi connectivity index (χ0n) is 17.7. The summed E-state index contributed by atoms with van der Waals surface area (Å²) in [7, 11) is 4.96. The average molecular weight is 393 g/mol. The van der Waals surface area contributed by atoms with Crippen LogP contribution < -0.4 is 14.2 Å². The summed E-state index contributed by atoms with van der Waals surface area (Å²) in [5.41, 5.74) is 1.11. The molecule has 0 radical (unpaired) electrons. The van der Waals surface area contributed by atoms with Crippen LogP contribution in [0.3, 0.4) is 0 Å². The summed E-state index contributed by atoms with van der Waals surface area (Å²) in [5, 5.41) is 9.62. The first-order chi connectivity index (χ1) is 13.7. The van der Waals surface area contributed by atoms with Gasteiger partial charge in [-0.05, 0) is 25.3 Å². The van der Waals surface area contributed by atoms with Crippen molar-refractivity contribution in [2.75, 3.05) is 47.6 Å². The van der Waals surface area contributed by atoms with E-state index >= 15 is 0 Å². The Bertz CT molecular complexity index is 619. The highest BCUT2D eigenvalue weighted by Crippen LogP contribution is 2.40. The fourth-order valence-electron chi connectivity index (χ4n) is 4.91. The van der Waals surface area contributed by atoms with Crippen LogP contribution in [0.25, 0.3) is 0 Å². The molecule has 0 unspecified atom stereocenters. The first-order valence-corrected chi connectivity index (χ1v) is 10.6. The molecular weight excluding hydrogens is 356 g/mol. The molecule has 6 nitrogen and oxygen atoms in total. The second kappa shape index (κ2) is 10.3. The molecule has 1 aliphatic heterocycles. The largest absolute Gasteiger partial charge is 0.493 e. The number of rotatable bonds is 8. The zero-order chi connectivity index (χ0) is 19.9. The van der Waals surface area contributed by atoms with Gasteiger partial charge < -0.3 is 19.3 Å². The number of aliphatic hydroxyl groups is 1.